The highest BCUT2D eigenvalue weighted by Gasteiger charge is 2.30. The smallest absolute Gasteiger partial charge is 0.239 e. The normalized spacial score (nSPS) is 20.0. The van der Waals surface area contributed by atoms with Gasteiger partial charge in [-0.25, -0.2) is 0 Å². The number of halogens is 1. The van der Waals surface area contributed by atoms with Crippen molar-refractivity contribution < 1.29 is 9.21 Å². The van der Waals surface area contributed by atoms with Gasteiger partial charge in [0.1, 0.15) is 5.76 Å². The van der Waals surface area contributed by atoms with Gasteiger partial charge < -0.3 is 9.73 Å². The van der Waals surface area contributed by atoms with Crippen LogP contribution in [0.15, 0.2) is 57.3 Å². The number of nitrogens with one attached hydrogen (secondary N) is 1. The molecule has 1 aromatic heterocycles. The minimum atomic E-state index is -0.252. The van der Waals surface area contributed by atoms with E-state index in [9.17, 15) is 4.79 Å². The van der Waals surface area contributed by atoms with Crippen molar-refractivity contribution in [1.82, 2.24) is 5.32 Å². The van der Waals surface area contributed by atoms with Crippen molar-refractivity contribution in [3.05, 3.63) is 59.0 Å². The SMILES string of the molecule is O=C1N/C(=N\N=Cc2ccco2)S[C@@H]1Cc1ccccc1Cl. The number of amidine groups is 1. The van der Waals surface area contributed by atoms with Gasteiger partial charge >= 0.3 is 0 Å². The van der Waals surface area contributed by atoms with Gasteiger partial charge in [-0.3, -0.25) is 4.79 Å². The summed E-state index contributed by atoms with van der Waals surface area (Å²) in [6.45, 7) is 0. The summed E-state index contributed by atoms with van der Waals surface area (Å²) in [7, 11) is 0. The zero-order chi connectivity index (χ0) is 15.4. The topological polar surface area (TPSA) is 67.0 Å². The molecule has 0 spiro atoms. The highest BCUT2D eigenvalue weighted by Crippen LogP contribution is 2.26. The van der Waals surface area contributed by atoms with Crippen LogP contribution >= 0.6 is 23.4 Å². The zero-order valence-electron chi connectivity index (χ0n) is 11.4. The van der Waals surface area contributed by atoms with E-state index in [1.165, 1.54) is 18.0 Å². The van der Waals surface area contributed by atoms with Gasteiger partial charge in [0.15, 0.2) is 5.17 Å². The third-order valence-electron chi connectivity index (χ3n) is 3.02. The number of furan rings is 1. The molecule has 22 heavy (non-hydrogen) atoms. The molecule has 1 aliphatic heterocycles. The molecule has 0 saturated carbocycles. The molecular formula is C15H12ClN3O2S. The van der Waals surface area contributed by atoms with Crippen molar-refractivity contribution in [3.8, 4) is 0 Å². The number of benzene rings is 1. The van der Waals surface area contributed by atoms with Crippen molar-refractivity contribution in [3.63, 3.8) is 0 Å². The second-order valence-corrected chi connectivity index (χ2v) is 6.16. The molecule has 1 N–H and O–H groups in total. The Hall–Kier alpha value is -2.05. The average molecular weight is 334 g/mol. The number of thioether (sulfide) groups is 1. The molecule has 112 valence electrons. The van der Waals surface area contributed by atoms with Crippen molar-refractivity contribution in [2.75, 3.05) is 0 Å². The van der Waals surface area contributed by atoms with E-state index in [1.807, 2.05) is 24.3 Å². The van der Waals surface area contributed by atoms with E-state index < -0.39 is 0 Å². The third kappa shape index (κ3) is 3.58. The highest BCUT2D eigenvalue weighted by molar-refractivity contribution is 8.15. The summed E-state index contributed by atoms with van der Waals surface area (Å²) >= 11 is 7.47. The lowest BCUT2D eigenvalue weighted by Crippen LogP contribution is -2.26. The van der Waals surface area contributed by atoms with E-state index in [2.05, 4.69) is 15.5 Å². The Balaban J connectivity index is 1.64. The summed E-state index contributed by atoms with van der Waals surface area (Å²) in [5.74, 6) is 0.517. The monoisotopic (exact) mass is 333 g/mol. The summed E-state index contributed by atoms with van der Waals surface area (Å²) in [5.41, 5.74) is 0.942. The van der Waals surface area contributed by atoms with Crippen LogP contribution in [0.4, 0.5) is 0 Å². The minimum absolute atomic E-state index is 0.0862. The van der Waals surface area contributed by atoms with Gasteiger partial charge in [0.05, 0.1) is 17.7 Å². The minimum Gasteiger partial charge on any atom is -0.463 e. The summed E-state index contributed by atoms with van der Waals surface area (Å²) in [6.07, 6.45) is 3.60. The van der Waals surface area contributed by atoms with Crippen molar-refractivity contribution >= 4 is 40.7 Å². The Morgan fingerprint density at radius 2 is 2.18 bits per heavy atom. The lowest BCUT2D eigenvalue weighted by Gasteiger charge is -2.06. The molecule has 1 atom stereocenters. The molecule has 0 unspecified atom stereocenters. The van der Waals surface area contributed by atoms with Gasteiger partial charge in [-0.2, -0.15) is 5.10 Å². The molecule has 0 aliphatic carbocycles. The molecular weight excluding hydrogens is 322 g/mol. The Morgan fingerprint density at radius 1 is 1.32 bits per heavy atom. The fraction of sp³-hybridized carbons (Fsp3) is 0.133. The summed E-state index contributed by atoms with van der Waals surface area (Å²) < 4.78 is 5.11. The zero-order valence-corrected chi connectivity index (χ0v) is 13.0. The van der Waals surface area contributed by atoms with E-state index in [0.717, 1.165) is 5.56 Å². The van der Waals surface area contributed by atoms with Crippen LogP contribution in [0.25, 0.3) is 0 Å². The lowest BCUT2D eigenvalue weighted by molar-refractivity contribution is -0.118. The average Bonchev–Trinajstić information content (AvgIpc) is 3.12. The van der Waals surface area contributed by atoms with E-state index in [-0.39, 0.29) is 11.2 Å². The molecule has 7 heteroatoms. The fourth-order valence-electron chi connectivity index (χ4n) is 1.95. The highest BCUT2D eigenvalue weighted by atomic mass is 35.5. The Kier molecular flexibility index (Phi) is 4.60. The number of amides is 1. The molecule has 1 saturated heterocycles. The molecule has 2 heterocycles. The van der Waals surface area contributed by atoms with Crippen LogP contribution in [-0.2, 0) is 11.2 Å². The predicted molar refractivity (Wildman–Crippen MR) is 88.4 cm³/mol. The first-order valence-electron chi connectivity index (χ1n) is 6.58. The van der Waals surface area contributed by atoms with Crippen molar-refractivity contribution in [2.24, 2.45) is 10.2 Å². The van der Waals surface area contributed by atoms with Crippen LogP contribution in [0.5, 0.6) is 0 Å². The van der Waals surface area contributed by atoms with Crippen molar-refractivity contribution in [2.45, 2.75) is 11.7 Å². The summed E-state index contributed by atoms with van der Waals surface area (Å²) in [6, 6.07) is 11.0. The molecule has 1 amide bonds. The number of rotatable bonds is 4. The number of carbonyl (C=O) groups excluding carboxylic acids is 1. The number of hydrogen-bond acceptors (Lipinski definition) is 5. The van der Waals surface area contributed by atoms with Crippen LogP contribution in [0, 0.1) is 0 Å². The molecule has 1 aromatic carbocycles. The molecule has 1 fully saturated rings. The van der Waals surface area contributed by atoms with E-state index in [0.29, 0.717) is 22.4 Å². The largest absolute Gasteiger partial charge is 0.463 e. The van der Waals surface area contributed by atoms with E-state index in [4.69, 9.17) is 16.0 Å². The molecule has 1 aliphatic rings. The molecule has 0 radical (unpaired) electrons. The van der Waals surface area contributed by atoms with Crippen LogP contribution in [0.1, 0.15) is 11.3 Å². The summed E-state index contributed by atoms with van der Waals surface area (Å²) in [5, 5.41) is 11.5. The quantitative estimate of drug-likeness (QED) is 0.690. The second-order valence-electron chi connectivity index (χ2n) is 4.56. The first-order chi connectivity index (χ1) is 10.7. The Bertz CT molecular complexity index is 728. The maximum atomic E-state index is 12.0. The number of carbonyl (C=O) groups is 1. The van der Waals surface area contributed by atoms with E-state index >= 15 is 0 Å². The Labute approximate surface area is 136 Å². The van der Waals surface area contributed by atoms with Crippen LogP contribution in [-0.4, -0.2) is 22.5 Å². The molecule has 2 aromatic rings. The standard InChI is InChI=1S/C15H12ClN3O2S/c16-12-6-2-1-4-10(12)8-13-14(20)18-15(22-13)19-17-9-11-5-3-7-21-11/h1-7,9,13H,8H2,(H,18,19,20)/t13-/m1/s1. The van der Waals surface area contributed by atoms with E-state index in [1.54, 1.807) is 18.4 Å². The number of nitrogens with zero attached hydrogens (tertiary/aromatic N) is 2. The number of hydrogen-bond donors (Lipinski definition) is 1. The maximum absolute atomic E-state index is 12.0. The van der Waals surface area contributed by atoms with Gasteiger partial charge in [-0.15, -0.1) is 5.10 Å². The van der Waals surface area contributed by atoms with Crippen LogP contribution < -0.4 is 5.32 Å². The van der Waals surface area contributed by atoms with Crippen LogP contribution in [0.3, 0.4) is 0 Å². The predicted octanol–water partition coefficient (Wildman–Crippen LogP) is 3.10. The Morgan fingerprint density at radius 3 is 2.95 bits per heavy atom. The third-order valence-corrected chi connectivity index (χ3v) is 4.46. The van der Waals surface area contributed by atoms with Gasteiger partial charge in [0.25, 0.3) is 0 Å². The van der Waals surface area contributed by atoms with Gasteiger partial charge in [-0.1, -0.05) is 41.6 Å². The van der Waals surface area contributed by atoms with Gasteiger partial charge in [-0.05, 0) is 30.2 Å². The van der Waals surface area contributed by atoms with Gasteiger partial charge in [0.2, 0.25) is 5.91 Å². The van der Waals surface area contributed by atoms with Crippen LogP contribution in [0.2, 0.25) is 5.02 Å². The first kappa shape index (κ1) is 14.9. The summed E-state index contributed by atoms with van der Waals surface area (Å²) in [4.78, 5) is 12.0. The lowest BCUT2D eigenvalue weighted by atomic mass is 10.1. The molecule has 5 nitrogen and oxygen atoms in total. The first-order valence-corrected chi connectivity index (χ1v) is 7.83. The molecule has 0 bridgehead atoms. The maximum Gasteiger partial charge on any atom is 0.239 e. The van der Waals surface area contributed by atoms with Crippen molar-refractivity contribution in [1.29, 1.82) is 0 Å². The van der Waals surface area contributed by atoms with Gasteiger partial charge in [0, 0.05) is 5.02 Å². The fourth-order valence-corrected chi connectivity index (χ4v) is 3.12. The second kappa shape index (κ2) is 6.81. The molecule has 3 rings (SSSR count).